The van der Waals surface area contributed by atoms with Crippen LogP contribution in [-0.4, -0.2) is 12.6 Å². The molecule has 0 aliphatic heterocycles. The predicted molar refractivity (Wildman–Crippen MR) is 82.0 cm³/mol. The summed E-state index contributed by atoms with van der Waals surface area (Å²) in [6.45, 7) is 4.59. The third-order valence-corrected chi connectivity index (χ3v) is 4.31. The minimum Gasteiger partial charge on any atom is -0.466 e. The van der Waals surface area contributed by atoms with E-state index in [0.29, 0.717) is 18.9 Å². The molecule has 2 rings (SSSR count). The lowest BCUT2D eigenvalue weighted by Gasteiger charge is -2.27. The Bertz CT molecular complexity index is 451. The average Bonchev–Trinajstić information content (AvgIpc) is 2.44. The van der Waals surface area contributed by atoms with Gasteiger partial charge in [0.2, 0.25) is 0 Å². The van der Waals surface area contributed by atoms with Crippen LogP contribution in [0.15, 0.2) is 18.2 Å². The monoisotopic (exact) mass is 274 g/mol. The van der Waals surface area contributed by atoms with Gasteiger partial charge >= 0.3 is 5.97 Å². The number of aryl methyl sites for hydroxylation is 2. The molecular formula is C18H26O2. The van der Waals surface area contributed by atoms with Gasteiger partial charge in [-0.15, -0.1) is 0 Å². The van der Waals surface area contributed by atoms with Gasteiger partial charge in [0.15, 0.2) is 0 Å². The zero-order valence-corrected chi connectivity index (χ0v) is 12.8. The third-order valence-electron chi connectivity index (χ3n) is 4.31. The number of fused-ring (bicyclic) bond motifs is 1. The molecule has 2 nitrogen and oxygen atoms in total. The number of carbonyl (C=O) groups is 1. The zero-order valence-electron chi connectivity index (χ0n) is 12.8. The molecular weight excluding hydrogens is 248 g/mol. The van der Waals surface area contributed by atoms with E-state index in [1.807, 2.05) is 6.92 Å². The number of hydrogen-bond acceptors (Lipinski definition) is 2. The molecule has 1 aromatic carbocycles. The van der Waals surface area contributed by atoms with Crippen LogP contribution in [0.2, 0.25) is 0 Å². The van der Waals surface area contributed by atoms with Crippen LogP contribution in [0, 0.1) is 6.92 Å². The van der Waals surface area contributed by atoms with E-state index < -0.39 is 0 Å². The molecule has 0 saturated heterocycles. The summed E-state index contributed by atoms with van der Waals surface area (Å²) in [5.41, 5.74) is 4.58. The second kappa shape index (κ2) is 7.47. The quantitative estimate of drug-likeness (QED) is 0.562. The molecule has 0 heterocycles. The van der Waals surface area contributed by atoms with Crippen molar-refractivity contribution in [2.75, 3.05) is 6.61 Å². The van der Waals surface area contributed by atoms with E-state index in [0.717, 1.165) is 12.8 Å². The lowest BCUT2D eigenvalue weighted by Crippen LogP contribution is -2.12. The van der Waals surface area contributed by atoms with Crippen molar-refractivity contribution in [1.29, 1.82) is 0 Å². The van der Waals surface area contributed by atoms with E-state index >= 15 is 0 Å². The van der Waals surface area contributed by atoms with Gasteiger partial charge in [-0.2, -0.15) is 0 Å². The molecule has 20 heavy (non-hydrogen) atoms. The highest BCUT2D eigenvalue weighted by Crippen LogP contribution is 2.37. The van der Waals surface area contributed by atoms with Gasteiger partial charge in [-0.25, -0.2) is 0 Å². The molecule has 0 saturated carbocycles. The standard InChI is InChI=1S/C18H26O2/c1-3-20-17(19)13-5-4-9-15-11-7-12-16-10-6-8-14(2)18(15)16/h6,8,10,15H,3-5,7,9,11-13H2,1-2H3. The van der Waals surface area contributed by atoms with E-state index in [1.54, 1.807) is 11.1 Å². The minimum absolute atomic E-state index is 0.0484. The van der Waals surface area contributed by atoms with Crippen molar-refractivity contribution in [2.45, 2.75) is 64.7 Å². The number of hydrogen-bond donors (Lipinski definition) is 0. The average molecular weight is 274 g/mol. The van der Waals surface area contributed by atoms with Crippen LogP contribution in [0.1, 0.15) is 68.1 Å². The molecule has 2 heteroatoms. The Balaban J connectivity index is 1.85. The number of esters is 1. The lowest BCUT2D eigenvalue weighted by atomic mass is 9.78. The SMILES string of the molecule is CCOC(=O)CCCCC1CCCc2cccc(C)c21. The largest absolute Gasteiger partial charge is 0.466 e. The van der Waals surface area contributed by atoms with Gasteiger partial charge in [-0.1, -0.05) is 24.6 Å². The number of ether oxygens (including phenoxy) is 1. The molecule has 1 aliphatic carbocycles. The van der Waals surface area contributed by atoms with E-state index in [1.165, 1.54) is 31.2 Å². The van der Waals surface area contributed by atoms with Crippen molar-refractivity contribution in [3.8, 4) is 0 Å². The Morgan fingerprint density at radius 2 is 2.20 bits per heavy atom. The van der Waals surface area contributed by atoms with Crippen LogP contribution in [0.25, 0.3) is 0 Å². The maximum absolute atomic E-state index is 11.3. The second-order valence-corrected chi connectivity index (χ2v) is 5.79. The number of benzene rings is 1. The summed E-state index contributed by atoms with van der Waals surface area (Å²) in [6, 6.07) is 6.69. The van der Waals surface area contributed by atoms with Gasteiger partial charge in [-0.3, -0.25) is 4.79 Å². The molecule has 1 atom stereocenters. The summed E-state index contributed by atoms with van der Waals surface area (Å²) >= 11 is 0. The van der Waals surface area contributed by atoms with Gasteiger partial charge in [0.25, 0.3) is 0 Å². The Kier molecular flexibility index (Phi) is 5.63. The zero-order chi connectivity index (χ0) is 14.4. The fourth-order valence-corrected chi connectivity index (χ4v) is 3.41. The van der Waals surface area contributed by atoms with Crippen molar-refractivity contribution in [3.05, 3.63) is 34.9 Å². The van der Waals surface area contributed by atoms with Crippen LogP contribution >= 0.6 is 0 Å². The fourth-order valence-electron chi connectivity index (χ4n) is 3.41. The fraction of sp³-hybridized carbons (Fsp3) is 0.611. The van der Waals surface area contributed by atoms with Crippen LogP contribution in [0.3, 0.4) is 0 Å². The summed E-state index contributed by atoms with van der Waals surface area (Å²) in [5.74, 6) is 0.648. The van der Waals surface area contributed by atoms with Gasteiger partial charge in [-0.05, 0) is 68.6 Å². The molecule has 0 radical (unpaired) electrons. The normalized spacial score (nSPS) is 17.6. The molecule has 0 amide bonds. The van der Waals surface area contributed by atoms with E-state index in [4.69, 9.17) is 4.74 Å². The second-order valence-electron chi connectivity index (χ2n) is 5.79. The van der Waals surface area contributed by atoms with Gasteiger partial charge in [0, 0.05) is 6.42 Å². The highest BCUT2D eigenvalue weighted by Gasteiger charge is 2.21. The molecule has 110 valence electrons. The van der Waals surface area contributed by atoms with Crippen LogP contribution < -0.4 is 0 Å². The van der Waals surface area contributed by atoms with Gasteiger partial charge < -0.3 is 4.74 Å². The van der Waals surface area contributed by atoms with E-state index in [9.17, 15) is 4.79 Å². The Morgan fingerprint density at radius 3 is 3.00 bits per heavy atom. The first-order chi connectivity index (χ1) is 9.72. The Morgan fingerprint density at radius 1 is 1.35 bits per heavy atom. The van der Waals surface area contributed by atoms with Crippen LogP contribution in [-0.2, 0) is 16.0 Å². The highest BCUT2D eigenvalue weighted by atomic mass is 16.5. The molecule has 0 bridgehead atoms. The maximum atomic E-state index is 11.3. The molecule has 0 aromatic heterocycles. The Hall–Kier alpha value is -1.31. The van der Waals surface area contributed by atoms with Crippen LogP contribution in [0.5, 0.6) is 0 Å². The van der Waals surface area contributed by atoms with Gasteiger partial charge in [0.05, 0.1) is 6.61 Å². The van der Waals surface area contributed by atoms with Crippen molar-refractivity contribution in [3.63, 3.8) is 0 Å². The summed E-state index contributed by atoms with van der Waals surface area (Å²) in [6.07, 6.45) is 7.69. The van der Waals surface area contributed by atoms with Crippen molar-refractivity contribution >= 4 is 5.97 Å². The lowest BCUT2D eigenvalue weighted by molar-refractivity contribution is -0.143. The van der Waals surface area contributed by atoms with E-state index in [-0.39, 0.29) is 5.97 Å². The first-order valence-corrected chi connectivity index (χ1v) is 7.96. The first kappa shape index (κ1) is 15.1. The summed E-state index contributed by atoms with van der Waals surface area (Å²) < 4.78 is 4.97. The first-order valence-electron chi connectivity index (χ1n) is 7.96. The van der Waals surface area contributed by atoms with Crippen molar-refractivity contribution < 1.29 is 9.53 Å². The van der Waals surface area contributed by atoms with Crippen molar-refractivity contribution in [1.82, 2.24) is 0 Å². The minimum atomic E-state index is -0.0484. The maximum Gasteiger partial charge on any atom is 0.305 e. The van der Waals surface area contributed by atoms with E-state index in [2.05, 4.69) is 25.1 Å². The Labute approximate surface area is 122 Å². The highest BCUT2D eigenvalue weighted by molar-refractivity contribution is 5.69. The number of carbonyl (C=O) groups excluding carboxylic acids is 1. The number of unbranched alkanes of at least 4 members (excludes halogenated alkanes) is 1. The molecule has 0 spiro atoms. The molecule has 0 N–H and O–H groups in total. The molecule has 1 aromatic rings. The number of rotatable bonds is 6. The molecule has 1 unspecified atom stereocenters. The summed E-state index contributed by atoms with van der Waals surface area (Å²) in [5, 5.41) is 0. The van der Waals surface area contributed by atoms with Crippen molar-refractivity contribution in [2.24, 2.45) is 0 Å². The topological polar surface area (TPSA) is 26.3 Å². The third kappa shape index (κ3) is 3.84. The molecule has 0 fully saturated rings. The van der Waals surface area contributed by atoms with Crippen LogP contribution in [0.4, 0.5) is 0 Å². The predicted octanol–water partition coefficient (Wildman–Crippen LogP) is 4.54. The summed E-state index contributed by atoms with van der Waals surface area (Å²) in [4.78, 5) is 11.3. The smallest absolute Gasteiger partial charge is 0.305 e. The van der Waals surface area contributed by atoms with Gasteiger partial charge in [0.1, 0.15) is 0 Å². The molecule has 1 aliphatic rings. The summed E-state index contributed by atoms with van der Waals surface area (Å²) in [7, 11) is 0.